The standard InChI is InChI=1S/C27H21F5O3S2/c1-2-9-18-14-16-21(17-15-18)36(19-10-5-3-6-11-19,20-12-7-4-8-13-20)35-37(33,34)27-25(31)23(29)22(28)24(30)26(27)32/h3-8,10-17H,2,9H2,1H3/p+1. The van der Waals surface area contributed by atoms with Gasteiger partial charge in [0.05, 0.1) is 25.0 Å². The first kappa shape index (κ1) is 26.8. The van der Waals surface area contributed by atoms with E-state index in [1.165, 1.54) is 0 Å². The van der Waals surface area contributed by atoms with Gasteiger partial charge >= 0.3 is 10.1 Å². The Morgan fingerprint density at radius 3 is 1.43 bits per heavy atom. The van der Waals surface area contributed by atoms with E-state index < -0.39 is 54.4 Å². The zero-order valence-corrected chi connectivity index (χ0v) is 21.1. The van der Waals surface area contributed by atoms with Crippen molar-refractivity contribution in [3.8, 4) is 0 Å². The molecule has 0 amide bonds. The average molecular weight is 554 g/mol. The minimum atomic E-state index is -5.44. The fourth-order valence-corrected chi connectivity index (χ4v) is 9.50. The lowest BCUT2D eigenvalue weighted by molar-refractivity contribution is 0.338. The maximum Gasteiger partial charge on any atom is 0.428 e. The van der Waals surface area contributed by atoms with Gasteiger partial charge in [0.25, 0.3) is 0 Å². The Bertz CT molecular complexity index is 1440. The van der Waals surface area contributed by atoms with Gasteiger partial charge in [-0.3, -0.25) is 3.63 Å². The molecule has 1 N–H and O–H groups in total. The lowest BCUT2D eigenvalue weighted by Gasteiger charge is -2.35. The minimum Gasteiger partial charge on any atom is -0.258 e. The molecule has 0 atom stereocenters. The van der Waals surface area contributed by atoms with Crippen molar-refractivity contribution >= 4 is 20.4 Å². The van der Waals surface area contributed by atoms with E-state index in [0.717, 1.165) is 18.4 Å². The van der Waals surface area contributed by atoms with Crippen molar-refractivity contribution in [3.63, 3.8) is 0 Å². The maximum atomic E-state index is 14.7. The van der Waals surface area contributed by atoms with Crippen molar-refractivity contribution in [3.05, 3.63) is 120 Å². The molecule has 4 aromatic rings. The van der Waals surface area contributed by atoms with E-state index >= 15 is 0 Å². The Labute approximate surface area is 213 Å². The van der Waals surface area contributed by atoms with Crippen LogP contribution in [0.15, 0.2) is 105 Å². The average Bonchev–Trinajstić information content (AvgIpc) is 2.91. The molecule has 0 heterocycles. The van der Waals surface area contributed by atoms with Gasteiger partial charge in [0.2, 0.25) is 10.7 Å². The molecule has 0 aliphatic carbocycles. The van der Waals surface area contributed by atoms with E-state index in [1.54, 1.807) is 84.9 Å². The Hall–Kier alpha value is -3.21. The van der Waals surface area contributed by atoms with Gasteiger partial charge in [-0.05, 0) is 48.4 Å². The summed E-state index contributed by atoms with van der Waals surface area (Å²) in [7, 11) is -8.61. The Balaban J connectivity index is 2.04. The monoisotopic (exact) mass is 553 g/mol. The van der Waals surface area contributed by atoms with E-state index in [-0.39, 0.29) is 0 Å². The summed E-state index contributed by atoms with van der Waals surface area (Å²) in [5.74, 6) is -12.1. The van der Waals surface area contributed by atoms with Crippen molar-refractivity contribution in [1.82, 2.24) is 0 Å². The number of benzene rings is 4. The molecule has 0 saturated heterocycles. The molecule has 0 bridgehead atoms. The first-order valence-corrected chi connectivity index (χ1v) is 14.2. The van der Waals surface area contributed by atoms with E-state index in [0.29, 0.717) is 14.7 Å². The number of hydrogen-bond acceptors (Lipinski definition) is 2. The minimum absolute atomic E-state index is 0.386. The summed E-state index contributed by atoms with van der Waals surface area (Å²) in [6.45, 7) is 2.00. The van der Waals surface area contributed by atoms with Crippen LogP contribution in [-0.2, 0) is 16.5 Å². The second-order valence-corrected chi connectivity index (χ2v) is 12.6. The summed E-state index contributed by atoms with van der Waals surface area (Å²) in [6, 6.07) is 23.4. The molecule has 10 heteroatoms. The maximum absolute atomic E-state index is 14.7. The molecule has 0 aliphatic heterocycles. The third-order valence-electron chi connectivity index (χ3n) is 5.61. The quantitative estimate of drug-likeness (QED) is 0.0730. The van der Waals surface area contributed by atoms with E-state index in [4.69, 9.17) is 0 Å². The zero-order valence-electron chi connectivity index (χ0n) is 19.5. The molecule has 3 nitrogen and oxygen atoms in total. The highest BCUT2D eigenvalue weighted by Crippen LogP contribution is 2.68. The molecular weight excluding hydrogens is 531 g/mol. The van der Waals surface area contributed by atoms with Crippen molar-refractivity contribution in [2.45, 2.75) is 39.3 Å². The third kappa shape index (κ3) is 4.88. The molecule has 0 aliphatic rings. The molecule has 4 aromatic carbocycles. The van der Waals surface area contributed by atoms with Crippen LogP contribution >= 0.6 is 10.3 Å². The molecule has 4 rings (SSSR count). The van der Waals surface area contributed by atoms with Gasteiger partial charge in [-0.15, -0.1) is 8.42 Å². The Morgan fingerprint density at radius 2 is 1.00 bits per heavy atom. The van der Waals surface area contributed by atoms with E-state index in [9.17, 15) is 30.4 Å². The topological polar surface area (TPSA) is 46.9 Å². The molecule has 0 aromatic heterocycles. The highest BCUT2D eigenvalue weighted by Gasteiger charge is 2.47. The lowest BCUT2D eigenvalue weighted by atomic mass is 10.1. The highest BCUT2D eigenvalue weighted by molar-refractivity contribution is 8.32. The van der Waals surface area contributed by atoms with Crippen LogP contribution in [0.1, 0.15) is 18.9 Å². The Morgan fingerprint density at radius 1 is 0.595 bits per heavy atom. The molecule has 0 radical (unpaired) electrons. The summed E-state index contributed by atoms with van der Waals surface area (Å²) in [4.78, 5) is -0.818. The smallest absolute Gasteiger partial charge is 0.258 e. The van der Waals surface area contributed by atoms with Crippen LogP contribution in [0.2, 0.25) is 0 Å². The molecule has 194 valence electrons. The van der Waals surface area contributed by atoms with Gasteiger partial charge < -0.3 is 0 Å². The van der Waals surface area contributed by atoms with Gasteiger partial charge in [0.15, 0.2) is 23.3 Å². The first-order chi connectivity index (χ1) is 17.6. The van der Waals surface area contributed by atoms with Crippen LogP contribution in [0, 0.1) is 29.1 Å². The molecular formula is C27H22F5O3S2+. The molecule has 0 saturated carbocycles. The largest absolute Gasteiger partial charge is 0.428 e. The molecule has 0 fully saturated rings. The van der Waals surface area contributed by atoms with Crippen LogP contribution in [0.25, 0.3) is 0 Å². The lowest BCUT2D eigenvalue weighted by Crippen LogP contribution is -2.22. The number of rotatable bonds is 8. The van der Waals surface area contributed by atoms with E-state index in [1.807, 2.05) is 6.92 Å². The van der Waals surface area contributed by atoms with Gasteiger partial charge in [0.1, 0.15) is 0 Å². The van der Waals surface area contributed by atoms with Crippen LogP contribution in [-0.4, -0.2) is 12.0 Å². The van der Waals surface area contributed by atoms with E-state index in [2.05, 4.69) is 3.63 Å². The predicted molar refractivity (Wildman–Crippen MR) is 132 cm³/mol. The molecule has 37 heavy (non-hydrogen) atoms. The van der Waals surface area contributed by atoms with Crippen LogP contribution < -0.4 is 0 Å². The SMILES string of the molecule is CCCc1ccc(S([OH+]S(=O)(=O)c2c(F)c(F)c(F)c(F)c2F)(c2ccccc2)c2ccccc2)cc1. The van der Waals surface area contributed by atoms with Crippen LogP contribution in [0.4, 0.5) is 22.0 Å². The normalized spacial score (nSPS) is 12.5. The number of aryl methyl sites for hydroxylation is 1. The Kier molecular flexibility index (Phi) is 7.72. The first-order valence-electron chi connectivity index (χ1n) is 11.2. The summed E-state index contributed by atoms with van der Waals surface area (Å²) in [6.07, 6.45) is 1.63. The highest BCUT2D eigenvalue weighted by atomic mass is 32.3. The number of hydrogen-bond donors (Lipinski definition) is 0. The summed E-state index contributed by atoms with van der Waals surface area (Å²) < 4.78 is 102. The van der Waals surface area contributed by atoms with Crippen LogP contribution in [0.5, 0.6) is 0 Å². The second-order valence-electron chi connectivity index (χ2n) is 8.05. The third-order valence-corrected chi connectivity index (χ3v) is 11.0. The number of halogens is 5. The van der Waals surface area contributed by atoms with Crippen molar-refractivity contribution in [2.24, 2.45) is 0 Å². The van der Waals surface area contributed by atoms with Crippen molar-refractivity contribution in [2.75, 3.05) is 0 Å². The van der Waals surface area contributed by atoms with Gasteiger partial charge in [0, 0.05) is 0 Å². The summed E-state index contributed by atoms with van der Waals surface area (Å²) in [5, 5.41) is 0. The zero-order chi connectivity index (χ0) is 26.8. The predicted octanol–water partition coefficient (Wildman–Crippen LogP) is 8.01. The fraction of sp³-hybridized carbons (Fsp3) is 0.111. The second kappa shape index (κ2) is 10.6. The fourth-order valence-electron chi connectivity index (χ4n) is 3.91. The van der Waals surface area contributed by atoms with Gasteiger partial charge in [-0.2, -0.15) is 0 Å². The van der Waals surface area contributed by atoms with Gasteiger partial charge in [-0.1, -0.05) is 61.9 Å². The molecule has 0 spiro atoms. The van der Waals surface area contributed by atoms with Crippen LogP contribution in [0.3, 0.4) is 0 Å². The van der Waals surface area contributed by atoms with Gasteiger partial charge in [-0.25, -0.2) is 22.0 Å². The summed E-state index contributed by atoms with van der Waals surface area (Å²) >= 11 is 0. The summed E-state index contributed by atoms with van der Waals surface area (Å²) in [5.41, 5.74) is 0.975. The van der Waals surface area contributed by atoms with Crippen molar-refractivity contribution in [1.29, 1.82) is 0 Å². The van der Waals surface area contributed by atoms with Crippen molar-refractivity contribution < 1.29 is 34.0 Å². The molecule has 0 unspecified atom stereocenters.